The molecule has 2 amide bonds. The molecule has 2 saturated heterocycles. The van der Waals surface area contributed by atoms with Crippen LogP contribution in [0.2, 0.25) is 0 Å². The Hall–Kier alpha value is -2.97. The van der Waals surface area contributed by atoms with E-state index in [0.717, 1.165) is 44.0 Å². The number of unbranched alkanes of at least 4 members (excludes halogenated alkanes) is 1. The number of hydrogen-bond donors (Lipinski definition) is 1. The summed E-state index contributed by atoms with van der Waals surface area (Å²) >= 11 is 0. The van der Waals surface area contributed by atoms with Crippen molar-refractivity contribution in [2.24, 2.45) is 0 Å². The van der Waals surface area contributed by atoms with Crippen LogP contribution in [0.5, 0.6) is 5.75 Å². The Bertz CT molecular complexity index is 1350. The van der Waals surface area contributed by atoms with Crippen LogP contribution in [-0.4, -0.2) is 117 Å². The van der Waals surface area contributed by atoms with Crippen LogP contribution < -0.4 is 10.1 Å². The van der Waals surface area contributed by atoms with E-state index in [4.69, 9.17) is 4.74 Å². The molecule has 0 bridgehead atoms. The first-order valence-corrected chi connectivity index (χ1v) is 15.8. The van der Waals surface area contributed by atoms with Gasteiger partial charge < -0.3 is 24.8 Å². The summed E-state index contributed by atoms with van der Waals surface area (Å²) in [7, 11) is -2.52. The number of likely N-dealkylation sites (N-methyl/N-ethyl adjacent to an activating group) is 1. The Labute approximate surface area is 244 Å². The lowest BCUT2D eigenvalue weighted by atomic mass is 10.1. The van der Waals surface area contributed by atoms with Crippen molar-refractivity contribution < 1.29 is 35.4 Å². The van der Waals surface area contributed by atoms with Crippen LogP contribution in [0.1, 0.15) is 42.5 Å². The van der Waals surface area contributed by atoms with Gasteiger partial charge in [0.05, 0.1) is 36.5 Å². The highest BCUT2D eigenvalue weighted by molar-refractivity contribution is 7.86. The molecule has 3 heterocycles. The van der Waals surface area contributed by atoms with Gasteiger partial charge in [0, 0.05) is 56.8 Å². The molecule has 1 N–H and O–H groups in total. The van der Waals surface area contributed by atoms with Gasteiger partial charge >= 0.3 is 10.2 Å². The van der Waals surface area contributed by atoms with Gasteiger partial charge in [-0.1, -0.05) is 6.42 Å². The second-order valence-electron chi connectivity index (χ2n) is 11.0. The molecule has 2 aliphatic heterocycles. The Morgan fingerprint density at radius 3 is 2.62 bits per heavy atom. The summed E-state index contributed by atoms with van der Waals surface area (Å²) in [6.07, 6.45) is 2.01. The average molecular weight is 614 g/mol. The van der Waals surface area contributed by atoms with Gasteiger partial charge in [-0.15, -0.1) is 3.89 Å². The van der Waals surface area contributed by atoms with Gasteiger partial charge in [-0.3, -0.25) is 14.6 Å². The number of pyridine rings is 1. The standard InChI is InChI=1S/C28H38F3N5O5S/c1-34-11-13-35(14-12-34)10-4-15-41-22-6-7-25-24(17-22)23(8-9-32-25)27(38)33-19-26(37)36-20-28(29,30)18-21(36)5-2-3-16-42(31,39)40/h6-9,17,21H,2-5,10-16,18-20H2,1H3,(H,33,38). The van der Waals surface area contributed by atoms with E-state index in [1.54, 1.807) is 18.2 Å². The lowest BCUT2D eigenvalue weighted by Gasteiger charge is -2.32. The summed E-state index contributed by atoms with van der Waals surface area (Å²) in [5, 5.41) is 3.07. The number of ether oxygens (including phenoxy) is 1. The molecule has 0 radical (unpaired) electrons. The number of carbonyl (C=O) groups is 2. The van der Waals surface area contributed by atoms with Crippen molar-refractivity contribution in [3.63, 3.8) is 0 Å². The topological polar surface area (TPSA) is 112 Å². The number of fused-ring (bicyclic) bond motifs is 1. The van der Waals surface area contributed by atoms with Gasteiger partial charge in [0.1, 0.15) is 5.75 Å². The molecule has 1 atom stereocenters. The first kappa shape index (κ1) is 32.0. The summed E-state index contributed by atoms with van der Waals surface area (Å²) < 4.78 is 68.3. The summed E-state index contributed by atoms with van der Waals surface area (Å²) in [5.74, 6) is -4.44. The van der Waals surface area contributed by atoms with E-state index in [0.29, 0.717) is 23.3 Å². The Morgan fingerprint density at radius 1 is 1.12 bits per heavy atom. The zero-order valence-corrected chi connectivity index (χ0v) is 24.6. The molecule has 4 rings (SSSR count). The Kier molecular flexibility index (Phi) is 10.7. The molecule has 42 heavy (non-hydrogen) atoms. The first-order chi connectivity index (χ1) is 19.9. The third kappa shape index (κ3) is 9.27. The minimum Gasteiger partial charge on any atom is -0.494 e. The van der Waals surface area contributed by atoms with E-state index in [2.05, 4.69) is 27.1 Å². The predicted molar refractivity (Wildman–Crippen MR) is 152 cm³/mol. The number of carbonyl (C=O) groups excluding carboxylic acids is 2. The molecule has 0 aliphatic carbocycles. The van der Waals surface area contributed by atoms with Crippen molar-refractivity contribution in [3.8, 4) is 5.75 Å². The van der Waals surface area contributed by atoms with Crippen LogP contribution in [0.4, 0.5) is 12.7 Å². The molecule has 2 aliphatic rings. The zero-order valence-electron chi connectivity index (χ0n) is 23.7. The highest BCUT2D eigenvalue weighted by Gasteiger charge is 2.46. The number of hydrogen-bond acceptors (Lipinski definition) is 8. The van der Waals surface area contributed by atoms with Crippen LogP contribution in [-0.2, 0) is 15.0 Å². The van der Waals surface area contributed by atoms with Gasteiger partial charge in [-0.2, -0.15) is 8.42 Å². The quantitative estimate of drug-likeness (QED) is 0.271. The third-order valence-corrected chi connectivity index (χ3v) is 8.49. The largest absolute Gasteiger partial charge is 0.494 e. The van der Waals surface area contributed by atoms with Gasteiger partial charge in [0.15, 0.2) is 0 Å². The van der Waals surface area contributed by atoms with Crippen LogP contribution in [0.25, 0.3) is 10.9 Å². The second-order valence-corrected chi connectivity index (χ2v) is 12.5. The number of rotatable bonds is 13. The highest BCUT2D eigenvalue weighted by Crippen LogP contribution is 2.34. The molecule has 14 heteroatoms. The maximum absolute atomic E-state index is 14.1. The van der Waals surface area contributed by atoms with Crippen molar-refractivity contribution in [3.05, 3.63) is 36.0 Å². The van der Waals surface area contributed by atoms with Gasteiger partial charge in [0.2, 0.25) is 5.91 Å². The molecular weight excluding hydrogens is 575 g/mol. The van der Waals surface area contributed by atoms with E-state index < -0.39 is 59.3 Å². The van der Waals surface area contributed by atoms with Gasteiger partial charge in [-0.25, -0.2) is 8.78 Å². The molecule has 2 aromatic rings. The minimum absolute atomic E-state index is 0.0310. The van der Waals surface area contributed by atoms with E-state index in [-0.39, 0.29) is 24.8 Å². The van der Waals surface area contributed by atoms with E-state index in [1.807, 2.05) is 0 Å². The number of benzene rings is 1. The fraction of sp³-hybridized carbons (Fsp3) is 0.607. The number of piperazine rings is 1. The highest BCUT2D eigenvalue weighted by atomic mass is 32.3. The molecule has 0 spiro atoms. The van der Waals surface area contributed by atoms with E-state index >= 15 is 0 Å². The Balaban J connectivity index is 1.31. The maximum atomic E-state index is 14.1. The molecule has 1 aromatic heterocycles. The fourth-order valence-corrected chi connectivity index (χ4v) is 5.97. The normalized spacial score (nSPS) is 19.7. The van der Waals surface area contributed by atoms with Crippen molar-refractivity contribution in [1.29, 1.82) is 0 Å². The molecule has 1 aromatic carbocycles. The van der Waals surface area contributed by atoms with Gasteiger partial charge in [-0.05, 0) is 50.6 Å². The lowest BCUT2D eigenvalue weighted by molar-refractivity contribution is -0.132. The summed E-state index contributed by atoms with van der Waals surface area (Å²) in [5.41, 5.74) is 0.833. The van der Waals surface area contributed by atoms with Crippen molar-refractivity contribution in [2.45, 2.75) is 44.1 Å². The molecule has 10 nitrogen and oxygen atoms in total. The van der Waals surface area contributed by atoms with Crippen LogP contribution in [0, 0.1) is 0 Å². The maximum Gasteiger partial charge on any atom is 0.302 e. The van der Waals surface area contributed by atoms with Crippen molar-refractivity contribution in [1.82, 2.24) is 25.0 Å². The Morgan fingerprint density at radius 2 is 1.88 bits per heavy atom. The molecule has 2 fully saturated rings. The summed E-state index contributed by atoms with van der Waals surface area (Å²) in [6, 6.07) is 5.95. The number of amides is 2. The number of nitrogens with one attached hydrogen (secondary N) is 1. The predicted octanol–water partition coefficient (Wildman–Crippen LogP) is 2.69. The lowest BCUT2D eigenvalue weighted by Crippen LogP contribution is -2.44. The van der Waals surface area contributed by atoms with Gasteiger partial charge in [0.25, 0.3) is 11.8 Å². The van der Waals surface area contributed by atoms with E-state index in [9.17, 15) is 30.7 Å². The monoisotopic (exact) mass is 613 g/mol. The average Bonchev–Trinajstić information content (AvgIpc) is 3.26. The van der Waals surface area contributed by atoms with Crippen LogP contribution in [0.3, 0.4) is 0 Å². The number of aromatic nitrogens is 1. The summed E-state index contributed by atoms with van der Waals surface area (Å²) in [4.78, 5) is 35.9. The van der Waals surface area contributed by atoms with Crippen LogP contribution in [0.15, 0.2) is 30.5 Å². The molecule has 232 valence electrons. The first-order valence-electron chi connectivity index (χ1n) is 14.2. The molecule has 1 unspecified atom stereocenters. The smallest absolute Gasteiger partial charge is 0.302 e. The SMILES string of the molecule is CN1CCN(CCCOc2ccc3nccc(C(=O)NCC(=O)N4CC(F)(F)CC4CCCCS(=O)(=O)F)c3c2)CC1. The minimum atomic E-state index is -4.64. The number of halogens is 3. The van der Waals surface area contributed by atoms with Crippen molar-refractivity contribution >= 4 is 32.9 Å². The number of likely N-dealkylation sites (tertiary alicyclic amines) is 1. The molecule has 0 saturated carbocycles. The van der Waals surface area contributed by atoms with E-state index in [1.165, 1.54) is 12.3 Å². The number of alkyl halides is 2. The third-order valence-electron chi connectivity index (χ3n) is 7.71. The van der Waals surface area contributed by atoms with Crippen LogP contribution >= 0.6 is 0 Å². The number of nitrogens with zero attached hydrogens (tertiary/aromatic N) is 4. The zero-order chi connectivity index (χ0) is 30.3. The summed E-state index contributed by atoms with van der Waals surface area (Å²) in [6.45, 7) is 4.34. The fourth-order valence-electron chi connectivity index (χ4n) is 5.42. The molecular formula is C28H38F3N5O5S. The second kappa shape index (κ2) is 14.0. The van der Waals surface area contributed by atoms with Crippen molar-refractivity contribution in [2.75, 3.05) is 65.2 Å².